The predicted molar refractivity (Wildman–Crippen MR) is 68.6 cm³/mol. The van der Waals surface area contributed by atoms with Crippen LogP contribution in [0.4, 0.5) is 0 Å². The van der Waals surface area contributed by atoms with Crippen LogP contribution in [0.5, 0.6) is 0 Å². The second kappa shape index (κ2) is 6.36. The predicted octanol–water partition coefficient (Wildman–Crippen LogP) is 0.573. The number of piperidine rings is 3. The summed E-state index contributed by atoms with van der Waals surface area (Å²) in [4.78, 5) is 14.2. The van der Waals surface area contributed by atoms with E-state index >= 15 is 0 Å². The molecule has 3 rings (SSSR count). The van der Waals surface area contributed by atoms with Gasteiger partial charge in [0.25, 0.3) is 0 Å². The van der Waals surface area contributed by atoms with Crippen molar-refractivity contribution in [1.29, 1.82) is 0 Å². The molecular weight excluding hydrogens is 214 g/mol. The molecule has 0 aromatic carbocycles. The zero-order valence-corrected chi connectivity index (χ0v) is 10.7. The number of nitrogens with one attached hydrogen (secondary N) is 1. The Kier molecular flexibility index (Phi) is 4.80. The van der Waals surface area contributed by atoms with Gasteiger partial charge in [-0.25, -0.2) is 0 Å². The van der Waals surface area contributed by atoms with Crippen LogP contribution in [0.15, 0.2) is 0 Å². The Balaban J connectivity index is 1.63. The molecule has 17 heavy (non-hydrogen) atoms. The number of carbonyl (C=O) groups is 1. The van der Waals surface area contributed by atoms with Gasteiger partial charge >= 0.3 is 0 Å². The van der Waals surface area contributed by atoms with Gasteiger partial charge < -0.3 is 16.0 Å². The molecule has 4 heteroatoms. The monoisotopic (exact) mass is 239 g/mol. The van der Waals surface area contributed by atoms with Crippen LogP contribution in [0.1, 0.15) is 32.1 Å². The van der Waals surface area contributed by atoms with Crippen LogP contribution in [0.3, 0.4) is 0 Å². The highest BCUT2D eigenvalue weighted by Crippen LogP contribution is 2.34. The van der Waals surface area contributed by atoms with Crippen molar-refractivity contribution in [2.75, 3.05) is 32.7 Å². The summed E-state index contributed by atoms with van der Waals surface area (Å²) >= 11 is 0. The van der Waals surface area contributed by atoms with Crippen molar-refractivity contribution in [3.05, 3.63) is 0 Å². The van der Waals surface area contributed by atoms with E-state index in [2.05, 4.69) is 10.2 Å². The van der Waals surface area contributed by atoms with Crippen LogP contribution in [-0.2, 0) is 4.79 Å². The molecule has 0 aromatic heterocycles. The third-order valence-electron chi connectivity index (χ3n) is 4.24. The molecule has 1 atom stereocenters. The Bertz CT molecular complexity index is 249. The van der Waals surface area contributed by atoms with E-state index in [1.165, 1.54) is 32.5 Å². The van der Waals surface area contributed by atoms with Crippen LogP contribution in [0.2, 0.25) is 0 Å². The average molecular weight is 239 g/mol. The number of rotatable bonds is 6. The summed E-state index contributed by atoms with van der Waals surface area (Å²) in [5, 5.41) is 2.93. The zero-order valence-electron chi connectivity index (χ0n) is 10.7. The van der Waals surface area contributed by atoms with Crippen molar-refractivity contribution >= 4 is 5.91 Å². The lowest BCUT2D eigenvalue weighted by Gasteiger charge is -2.44. The lowest BCUT2D eigenvalue weighted by atomic mass is 9.77. The first-order chi connectivity index (χ1) is 8.29. The molecule has 0 aromatic rings. The SMILES string of the molecule is NCCCNC(=O)CCC1CN2CCC1CC2. The Labute approximate surface area is 104 Å². The Morgan fingerprint density at radius 3 is 2.71 bits per heavy atom. The number of hydrogen-bond acceptors (Lipinski definition) is 3. The number of hydrogen-bond donors (Lipinski definition) is 2. The van der Waals surface area contributed by atoms with Gasteiger partial charge in [0.1, 0.15) is 0 Å². The van der Waals surface area contributed by atoms with Crippen molar-refractivity contribution in [2.45, 2.75) is 32.1 Å². The molecule has 1 unspecified atom stereocenters. The quantitative estimate of drug-likeness (QED) is 0.666. The van der Waals surface area contributed by atoms with E-state index in [4.69, 9.17) is 5.73 Å². The fourth-order valence-corrected chi connectivity index (χ4v) is 3.15. The highest BCUT2D eigenvalue weighted by atomic mass is 16.1. The van der Waals surface area contributed by atoms with Gasteiger partial charge in [0.15, 0.2) is 0 Å². The molecule has 1 amide bonds. The molecule has 0 aliphatic carbocycles. The summed E-state index contributed by atoms with van der Waals surface area (Å²) in [5.74, 6) is 1.85. The van der Waals surface area contributed by atoms with Crippen molar-refractivity contribution in [1.82, 2.24) is 10.2 Å². The molecule has 3 aliphatic rings. The molecule has 0 saturated carbocycles. The normalized spacial score (nSPS) is 31.5. The van der Waals surface area contributed by atoms with E-state index in [1.54, 1.807) is 0 Å². The van der Waals surface area contributed by atoms with Gasteiger partial charge in [0, 0.05) is 19.5 Å². The van der Waals surface area contributed by atoms with Crippen molar-refractivity contribution in [3.63, 3.8) is 0 Å². The van der Waals surface area contributed by atoms with Crippen molar-refractivity contribution < 1.29 is 4.79 Å². The molecule has 4 nitrogen and oxygen atoms in total. The fraction of sp³-hybridized carbons (Fsp3) is 0.923. The first-order valence-electron chi connectivity index (χ1n) is 6.98. The molecule has 3 fully saturated rings. The first kappa shape index (κ1) is 12.8. The molecule has 2 bridgehead atoms. The van der Waals surface area contributed by atoms with Gasteiger partial charge in [-0.3, -0.25) is 4.79 Å². The average Bonchev–Trinajstić information content (AvgIpc) is 2.38. The smallest absolute Gasteiger partial charge is 0.220 e. The van der Waals surface area contributed by atoms with Crippen LogP contribution in [-0.4, -0.2) is 43.5 Å². The first-order valence-corrected chi connectivity index (χ1v) is 6.98. The van der Waals surface area contributed by atoms with Crippen LogP contribution in [0, 0.1) is 11.8 Å². The highest BCUT2D eigenvalue weighted by molar-refractivity contribution is 5.75. The number of amides is 1. The minimum absolute atomic E-state index is 0.204. The Morgan fingerprint density at radius 1 is 1.35 bits per heavy atom. The zero-order chi connectivity index (χ0) is 12.1. The summed E-state index contributed by atoms with van der Waals surface area (Å²) in [6, 6.07) is 0. The molecule has 3 aliphatic heterocycles. The molecule has 0 radical (unpaired) electrons. The van der Waals surface area contributed by atoms with Gasteiger partial charge in [0.05, 0.1) is 0 Å². The van der Waals surface area contributed by atoms with E-state index in [0.29, 0.717) is 13.0 Å². The minimum Gasteiger partial charge on any atom is -0.356 e. The number of nitrogens with two attached hydrogens (primary N) is 1. The van der Waals surface area contributed by atoms with Crippen molar-refractivity contribution in [3.8, 4) is 0 Å². The number of nitrogens with zero attached hydrogens (tertiary/aromatic N) is 1. The third kappa shape index (κ3) is 3.68. The summed E-state index contributed by atoms with van der Waals surface area (Å²) in [6.45, 7) is 5.17. The maximum Gasteiger partial charge on any atom is 0.220 e. The standard InChI is InChI=1S/C13H25N3O/c14-6-1-7-15-13(17)3-2-12-10-16-8-4-11(12)5-9-16/h11-12H,1-10,14H2,(H,15,17). The highest BCUT2D eigenvalue weighted by Gasteiger charge is 2.33. The maximum absolute atomic E-state index is 11.6. The van der Waals surface area contributed by atoms with E-state index < -0.39 is 0 Å². The van der Waals surface area contributed by atoms with Gasteiger partial charge in [-0.05, 0) is 57.2 Å². The summed E-state index contributed by atoms with van der Waals surface area (Å²) in [7, 11) is 0. The second-order valence-corrected chi connectivity index (χ2v) is 5.43. The lowest BCUT2D eigenvalue weighted by Crippen LogP contribution is -2.47. The largest absolute Gasteiger partial charge is 0.356 e. The molecule has 3 saturated heterocycles. The third-order valence-corrected chi connectivity index (χ3v) is 4.24. The van der Waals surface area contributed by atoms with E-state index in [0.717, 1.165) is 31.2 Å². The molecule has 3 N–H and O–H groups in total. The van der Waals surface area contributed by atoms with Crippen LogP contribution >= 0.6 is 0 Å². The lowest BCUT2D eigenvalue weighted by molar-refractivity contribution is -0.121. The van der Waals surface area contributed by atoms with Gasteiger partial charge in [-0.2, -0.15) is 0 Å². The Hall–Kier alpha value is -0.610. The van der Waals surface area contributed by atoms with Gasteiger partial charge in [-0.1, -0.05) is 0 Å². The Morgan fingerprint density at radius 2 is 2.12 bits per heavy atom. The minimum atomic E-state index is 0.204. The van der Waals surface area contributed by atoms with Crippen LogP contribution in [0.25, 0.3) is 0 Å². The molecule has 3 heterocycles. The molecular formula is C13H25N3O. The number of carbonyl (C=O) groups excluding carboxylic acids is 1. The fourth-order valence-electron chi connectivity index (χ4n) is 3.15. The number of fused-ring (bicyclic) bond motifs is 3. The maximum atomic E-state index is 11.6. The van der Waals surface area contributed by atoms with E-state index in [-0.39, 0.29) is 5.91 Å². The summed E-state index contributed by atoms with van der Waals surface area (Å²) in [5.41, 5.74) is 5.39. The topological polar surface area (TPSA) is 58.4 Å². The molecule has 0 spiro atoms. The van der Waals surface area contributed by atoms with Crippen molar-refractivity contribution in [2.24, 2.45) is 17.6 Å². The van der Waals surface area contributed by atoms with Gasteiger partial charge in [-0.15, -0.1) is 0 Å². The summed E-state index contributed by atoms with van der Waals surface area (Å²) < 4.78 is 0. The van der Waals surface area contributed by atoms with Gasteiger partial charge in [0.2, 0.25) is 5.91 Å². The van der Waals surface area contributed by atoms with E-state index in [1.807, 2.05) is 0 Å². The van der Waals surface area contributed by atoms with E-state index in [9.17, 15) is 4.79 Å². The second-order valence-electron chi connectivity index (χ2n) is 5.43. The molecule has 98 valence electrons. The van der Waals surface area contributed by atoms with Crippen LogP contribution < -0.4 is 11.1 Å². The summed E-state index contributed by atoms with van der Waals surface area (Å²) in [6.07, 6.45) is 5.33.